The van der Waals surface area contributed by atoms with Crippen LogP contribution in [0.5, 0.6) is 0 Å². The number of aromatic nitrogens is 2. The van der Waals surface area contributed by atoms with E-state index in [2.05, 4.69) is 26.0 Å². The van der Waals surface area contributed by atoms with Crippen molar-refractivity contribution in [2.24, 2.45) is 10.7 Å². The van der Waals surface area contributed by atoms with E-state index in [0.29, 0.717) is 24.4 Å². The molecule has 1 aromatic carbocycles. The average molecular weight is 449 g/mol. The standard InChI is InChI=1S/C19H22BrN5O3/c1-11(2)18-15-7-12(20)3-4-14(15)19(27)25(24-18)8-17(26)23-16(5-6-21)22-13-9-28-10-13/h3-7,11,13H,8-10,21H2,1-2H3,(H,22,23,26)/p+1/b6-5-. The first-order chi connectivity index (χ1) is 13.4. The van der Waals surface area contributed by atoms with Gasteiger partial charge >= 0.3 is 0 Å². The summed E-state index contributed by atoms with van der Waals surface area (Å²) in [5.41, 5.74) is 5.89. The van der Waals surface area contributed by atoms with Crippen LogP contribution in [0.1, 0.15) is 25.5 Å². The summed E-state index contributed by atoms with van der Waals surface area (Å²) in [7, 11) is 0. The second-order valence-electron chi connectivity index (χ2n) is 6.95. The maximum Gasteiger partial charge on any atom is 0.275 e. The number of carbonyl (C=O) groups excluding carboxylic acids is 1. The third-order valence-electron chi connectivity index (χ3n) is 4.37. The van der Waals surface area contributed by atoms with Crippen LogP contribution in [0, 0.1) is 0 Å². The zero-order valence-corrected chi connectivity index (χ0v) is 17.3. The predicted molar refractivity (Wildman–Crippen MR) is 110 cm³/mol. The Morgan fingerprint density at radius 1 is 1.46 bits per heavy atom. The van der Waals surface area contributed by atoms with Crippen LogP contribution in [-0.2, 0) is 16.1 Å². The first-order valence-corrected chi connectivity index (χ1v) is 9.81. The Balaban J connectivity index is 1.93. The summed E-state index contributed by atoms with van der Waals surface area (Å²) < 4.78 is 7.19. The number of ether oxygens (including phenoxy) is 1. The van der Waals surface area contributed by atoms with Gasteiger partial charge in [-0.2, -0.15) is 10.1 Å². The second-order valence-corrected chi connectivity index (χ2v) is 7.86. The quantitative estimate of drug-likeness (QED) is 0.514. The normalized spacial score (nSPS) is 15.5. The van der Waals surface area contributed by atoms with E-state index in [-0.39, 0.29) is 24.1 Å². The van der Waals surface area contributed by atoms with E-state index in [1.165, 1.54) is 10.9 Å². The summed E-state index contributed by atoms with van der Waals surface area (Å²) in [5, 5.41) is 7.60. The molecule has 0 bridgehead atoms. The van der Waals surface area contributed by atoms with Crippen molar-refractivity contribution in [3.63, 3.8) is 0 Å². The number of amides is 1. The van der Waals surface area contributed by atoms with Crippen LogP contribution in [0.15, 0.2) is 44.7 Å². The molecule has 148 valence electrons. The number of halogens is 1. The molecule has 1 aliphatic heterocycles. The summed E-state index contributed by atoms with van der Waals surface area (Å²) in [6.45, 7) is 4.96. The molecule has 2 aromatic rings. The van der Waals surface area contributed by atoms with Gasteiger partial charge in [0.15, 0.2) is 0 Å². The van der Waals surface area contributed by atoms with Crippen molar-refractivity contribution < 1.29 is 14.8 Å². The molecule has 1 fully saturated rings. The molecule has 2 heterocycles. The molecule has 0 atom stereocenters. The van der Waals surface area contributed by atoms with Gasteiger partial charge in [-0.15, -0.1) is 0 Å². The van der Waals surface area contributed by atoms with Crippen molar-refractivity contribution in [3.8, 4) is 0 Å². The highest BCUT2D eigenvalue weighted by atomic mass is 79.9. The predicted octanol–water partition coefficient (Wildman–Crippen LogP) is 0.642. The maximum absolute atomic E-state index is 12.8. The Morgan fingerprint density at radius 3 is 2.82 bits per heavy atom. The Kier molecular flexibility index (Phi) is 6.38. The van der Waals surface area contributed by atoms with E-state index in [4.69, 9.17) is 10.5 Å². The highest BCUT2D eigenvalue weighted by molar-refractivity contribution is 9.10. The first kappa shape index (κ1) is 20.4. The smallest absolute Gasteiger partial charge is 0.275 e. The lowest BCUT2D eigenvalue weighted by molar-refractivity contribution is -0.606. The zero-order chi connectivity index (χ0) is 20.3. The van der Waals surface area contributed by atoms with E-state index < -0.39 is 5.91 Å². The molecule has 0 radical (unpaired) electrons. The fraction of sp³-hybridized carbons (Fsp3) is 0.368. The molecular formula is C19H23BrN5O3+. The number of hydrogen-bond acceptors (Lipinski definition) is 5. The maximum atomic E-state index is 12.8. The van der Waals surface area contributed by atoms with E-state index in [1.807, 2.05) is 25.2 Å². The number of nitrogens with two attached hydrogens (primary N) is 2. The molecule has 4 N–H and O–H groups in total. The van der Waals surface area contributed by atoms with Crippen molar-refractivity contribution in [2.75, 3.05) is 13.2 Å². The van der Waals surface area contributed by atoms with Gasteiger partial charge in [-0.25, -0.2) is 4.68 Å². The van der Waals surface area contributed by atoms with Crippen molar-refractivity contribution in [2.45, 2.75) is 32.4 Å². The molecule has 1 aliphatic rings. The number of hydrogen-bond donors (Lipinski definition) is 2. The summed E-state index contributed by atoms with van der Waals surface area (Å²) in [6, 6.07) is 5.64. The van der Waals surface area contributed by atoms with E-state index in [1.54, 1.807) is 18.2 Å². The minimum atomic E-state index is -0.467. The number of fused-ring (bicyclic) bond motifs is 1. The summed E-state index contributed by atoms with van der Waals surface area (Å²) in [4.78, 5) is 29.4. The van der Waals surface area contributed by atoms with Gasteiger partial charge in [0.2, 0.25) is 5.84 Å². The van der Waals surface area contributed by atoms with Crippen LogP contribution < -0.4 is 16.6 Å². The van der Waals surface area contributed by atoms with Gasteiger partial charge in [0, 0.05) is 22.1 Å². The molecule has 28 heavy (non-hydrogen) atoms. The molecule has 3 rings (SSSR count). The fourth-order valence-electron chi connectivity index (χ4n) is 2.94. The largest absolute Gasteiger partial charge is 0.404 e. The molecule has 0 aliphatic carbocycles. The lowest BCUT2D eigenvalue weighted by Crippen LogP contribution is -2.97. The van der Waals surface area contributed by atoms with Crippen LogP contribution in [-0.4, -0.2) is 40.8 Å². The molecule has 1 amide bonds. The minimum absolute atomic E-state index is 0.0879. The van der Waals surface area contributed by atoms with Crippen molar-refractivity contribution in [3.05, 3.63) is 51.0 Å². The molecule has 9 heteroatoms. The second kappa shape index (κ2) is 8.76. The molecule has 0 saturated carbocycles. The molecule has 8 nitrogen and oxygen atoms in total. The summed E-state index contributed by atoms with van der Waals surface area (Å²) in [6.07, 6.45) is 2.89. The third-order valence-corrected chi connectivity index (χ3v) is 4.87. The van der Waals surface area contributed by atoms with E-state index in [0.717, 1.165) is 15.6 Å². The molecule has 0 spiro atoms. The highest BCUT2D eigenvalue weighted by Crippen LogP contribution is 2.24. The number of aliphatic imine (C=N–C) groups is 1. The van der Waals surface area contributed by atoms with Crippen molar-refractivity contribution in [1.82, 2.24) is 9.78 Å². The lowest BCUT2D eigenvalue weighted by atomic mass is 10.0. The minimum Gasteiger partial charge on any atom is -0.404 e. The molecular weight excluding hydrogens is 426 g/mol. The number of rotatable bonds is 5. The number of quaternary nitrogens is 1. The average Bonchev–Trinajstić information content (AvgIpc) is 2.60. The van der Waals surface area contributed by atoms with Crippen LogP contribution in [0.25, 0.3) is 10.8 Å². The third kappa shape index (κ3) is 4.54. The zero-order valence-electron chi connectivity index (χ0n) is 15.8. The van der Waals surface area contributed by atoms with Crippen LogP contribution in [0.4, 0.5) is 0 Å². The van der Waals surface area contributed by atoms with Gasteiger partial charge in [-0.1, -0.05) is 29.8 Å². The lowest BCUT2D eigenvalue weighted by Gasteiger charge is -2.22. The van der Waals surface area contributed by atoms with Crippen LogP contribution in [0.3, 0.4) is 0 Å². The SMILES string of the molecule is CC(C)c1nn(CC(=O)N=C(/C=C\N)[NH2+]C2COC2)c(=O)c2ccc(Br)cc12. The van der Waals surface area contributed by atoms with E-state index in [9.17, 15) is 9.59 Å². The van der Waals surface area contributed by atoms with Gasteiger partial charge < -0.3 is 10.5 Å². The Hall–Kier alpha value is -2.36. The first-order valence-electron chi connectivity index (χ1n) is 9.01. The van der Waals surface area contributed by atoms with Gasteiger partial charge in [-0.3, -0.25) is 14.9 Å². The van der Waals surface area contributed by atoms with Crippen LogP contribution in [0.2, 0.25) is 0 Å². The van der Waals surface area contributed by atoms with Crippen molar-refractivity contribution in [1.29, 1.82) is 0 Å². The Bertz CT molecular complexity index is 1010. The monoisotopic (exact) mass is 448 g/mol. The summed E-state index contributed by atoms with van der Waals surface area (Å²) >= 11 is 3.43. The number of benzene rings is 1. The summed E-state index contributed by atoms with van der Waals surface area (Å²) in [5.74, 6) is 0.0814. The Labute approximate surface area is 170 Å². The van der Waals surface area contributed by atoms with Crippen molar-refractivity contribution >= 4 is 38.4 Å². The fourth-order valence-corrected chi connectivity index (χ4v) is 3.31. The number of nitrogens with zero attached hydrogens (tertiary/aromatic N) is 3. The van der Waals surface area contributed by atoms with Gasteiger partial charge in [0.25, 0.3) is 11.5 Å². The van der Waals surface area contributed by atoms with Gasteiger partial charge in [0.1, 0.15) is 25.8 Å². The molecule has 0 unspecified atom stereocenters. The number of amidine groups is 1. The molecule has 1 aromatic heterocycles. The van der Waals surface area contributed by atoms with Gasteiger partial charge in [0.05, 0.1) is 11.1 Å². The molecule has 1 saturated heterocycles. The number of carbonyl (C=O) groups is 1. The topological polar surface area (TPSA) is 116 Å². The van der Waals surface area contributed by atoms with Gasteiger partial charge in [-0.05, 0) is 24.1 Å². The Morgan fingerprint density at radius 2 is 2.21 bits per heavy atom. The van der Waals surface area contributed by atoms with E-state index >= 15 is 0 Å². The van der Waals surface area contributed by atoms with Crippen LogP contribution >= 0.6 is 15.9 Å². The highest BCUT2D eigenvalue weighted by Gasteiger charge is 2.24.